The Bertz CT molecular complexity index is 1030. The number of methoxy groups -OCH3 is 1. The van der Waals surface area contributed by atoms with E-state index in [1.807, 2.05) is 24.3 Å². The minimum Gasteiger partial charge on any atom is -0.496 e. The number of carbonyl (C=O) groups excluding carboxylic acids is 1. The number of nitrogens with one attached hydrogen (secondary N) is 1. The molecule has 0 saturated carbocycles. The van der Waals surface area contributed by atoms with Crippen molar-refractivity contribution < 1.29 is 17.9 Å². The van der Waals surface area contributed by atoms with Crippen molar-refractivity contribution in [1.82, 2.24) is 9.62 Å². The molecule has 2 saturated heterocycles. The van der Waals surface area contributed by atoms with Crippen molar-refractivity contribution in [2.24, 2.45) is 0 Å². The van der Waals surface area contributed by atoms with E-state index in [-0.39, 0.29) is 22.9 Å². The number of anilines is 1. The fourth-order valence-corrected chi connectivity index (χ4v) is 5.22. The van der Waals surface area contributed by atoms with Gasteiger partial charge in [-0.3, -0.25) is 4.79 Å². The molecule has 0 spiro atoms. The lowest BCUT2D eigenvalue weighted by atomic mass is 10.1. The topological polar surface area (TPSA) is 79.0 Å². The molecule has 166 valence electrons. The van der Waals surface area contributed by atoms with Crippen LogP contribution in [0.15, 0.2) is 47.4 Å². The van der Waals surface area contributed by atoms with Crippen molar-refractivity contribution in [3.63, 3.8) is 0 Å². The molecule has 2 heterocycles. The SMILES string of the molecule is COc1ccc(S(=O)(=O)NCc2ccc(N3CCCC3)cc2)cc1C(=O)N1CCCC1. The highest BCUT2D eigenvalue weighted by Crippen LogP contribution is 2.26. The van der Waals surface area contributed by atoms with Gasteiger partial charge in [-0.2, -0.15) is 0 Å². The second-order valence-electron chi connectivity index (χ2n) is 8.05. The van der Waals surface area contributed by atoms with E-state index < -0.39 is 10.0 Å². The van der Waals surface area contributed by atoms with Crippen molar-refractivity contribution in [3.05, 3.63) is 53.6 Å². The summed E-state index contributed by atoms with van der Waals surface area (Å²) in [7, 11) is -2.30. The van der Waals surface area contributed by atoms with Crippen LogP contribution in [0, 0.1) is 0 Å². The molecule has 31 heavy (non-hydrogen) atoms. The monoisotopic (exact) mass is 443 g/mol. The first-order valence-corrected chi connectivity index (χ1v) is 12.3. The van der Waals surface area contributed by atoms with Gasteiger partial charge >= 0.3 is 0 Å². The predicted molar refractivity (Wildman–Crippen MR) is 120 cm³/mol. The van der Waals surface area contributed by atoms with Crippen molar-refractivity contribution in [2.45, 2.75) is 37.1 Å². The van der Waals surface area contributed by atoms with E-state index >= 15 is 0 Å². The first kappa shape index (κ1) is 21.6. The summed E-state index contributed by atoms with van der Waals surface area (Å²) in [6, 6.07) is 12.4. The second kappa shape index (κ2) is 9.28. The van der Waals surface area contributed by atoms with E-state index in [2.05, 4.69) is 9.62 Å². The maximum atomic E-state index is 12.9. The van der Waals surface area contributed by atoms with Crippen LogP contribution in [-0.2, 0) is 16.6 Å². The Morgan fingerprint density at radius 3 is 2.26 bits per heavy atom. The number of nitrogens with zero attached hydrogens (tertiary/aromatic N) is 2. The number of sulfonamides is 1. The summed E-state index contributed by atoms with van der Waals surface area (Å²) >= 11 is 0. The minimum atomic E-state index is -3.78. The van der Waals surface area contributed by atoms with Gasteiger partial charge in [-0.25, -0.2) is 13.1 Å². The lowest BCUT2D eigenvalue weighted by Crippen LogP contribution is -2.29. The molecule has 0 unspecified atom stereocenters. The van der Waals surface area contributed by atoms with E-state index in [9.17, 15) is 13.2 Å². The van der Waals surface area contributed by atoms with Gasteiger partial charge in [0, 0.05) is 38.4 Å². The maximum absolute atomic E-state index is 12.9. The molecule has 2 aliphatic rings. The quantitative estimate of drug-likeness (QED) is 0.712. The first-order valence-electron chi connectivity index (χ1n) is 10.8. The van der Waals surface area contributed by atoms with Crippen LogP contribution < -0.4 is 14.4 Å². The molecule has 0 atom stereocenters. The summed E-state index contributed by atoms with van der Waals surface area (Å²) < 4.78 is 33.7. The zero-order valence-corrected chi connectivity index (χ0v) is 18.7. The van der Waals surface area contributed by atoms with Crippen molar-refractivity contribution in [2.75, 3.05) is 38.2 Å². The van der Waals surface area contributed by atoms with Crippen molar-refractivity contribution in [1.29, 1.82) is 0 Å². The number of carbonyl (C=O) groups is 1. The van der Waals surface area contributed by atoms with Crippen LogP contribution >= 0.6 is 0 Å². The fourth-order valence-electron chi connectivity index (χ4n) is 4.17. The highest BCUT2D eigenvalue weighted by atomic mass is 32.2. The number of benzene rings is 2. The Labute approximate surface area is 184 Å². The number of ether oxygens (including phenoxy) is 1. The molecular weight excluding hydrogens is 414 g/mol. The molecule has 2 aliphatic heterocycles. The van der Waals surface area contributed by atoms with Crippen LogP contribution in [0.5, 0.6) is 5.75 Å². The number of amides is 1. The largest absolute Gasteiger partial charge is 0.496 e. The van der Waals surface area contributed by atoms with Crippen LogP contribution in [0.3, 0.4) is 0 Å². The Morgan fingerprint density at radius 2 is 1.61 bits per heavy atom. The van der Waals surface area contributed by atoms with Gasteiger partial charge in [0.25, 0.3) is 5.91 Å². The molecule has 0 aromatic heterocycles. The fraction of sp³-hybridized carbons (Fsp3) is 0.435. The first-order chi connectivity index (χ1) is 15.0. The van der Waals surface area contributed by atoms with Crippen LogP contribution in [0.2, 0.25) is 0 Å². The van der Waals surface area contributed by atoms with Gasteiger partial charge < -0.3 is 14.5 Å². The molecule has 2 aromatic carbocycles. The third-order valence-corrected chi connectivity index (χ3v) is 7.38. The summed E-state index contributed by atoms with van der Waals surface area (Å²) in [6.45, 7) is 3.70. The molecule has 0 aliphatic carbocycles. The summed E-state index contributed by atoms with van der Waals surface area (Å²) in [5.74, 6) is 0.192. The van der Waals surface area contributed by atoms with E-state index in [0.717, 1.165) is 31.5 Å². The van der Waals surface area contributed by atoms with E-state index in [1.54, 1.807) is 11.0 Å². The Hall–Kier alpha value is -2.58. The van der Waals surface area contributed by atoms with Gasteiger partial charge in [0.15, 0.2) is 0 Å². The third-order valence-electron chi connectivity index (χ3n) is 5.98. The van der Waals surface area contributed by atoms with Gasteiger partial charge in [0.1, 0.15) is 5.75 Å². The van der Waals surface area contributed by atoms with Gasteiger partial charge in [0.05, 0.1) is 17.6 Å². The predicted octanol–water partition coefficient (Wildman–Crippen LogP) is 3.01. The summed E-state index contributed by atoms with van der Waals surface area (Å²) in [5, 5.41) is 0. The summed E-state index contributed by atoms with van der Waals surface area (Å²) in [6.07, 6.45) is 4.35. The van der Waals surface area contributed by atoms with Crippen LogP contribution in [0.1, 0.15) is 41.6 Å². The molecule has 1 N–H and O–H groups in total. The summed E-state index contributed by atoms with van der Waals surface area (Å²) in [5.41, 5.74) is 2.33. The Balaban J connectivity index is 1.47. The lowest BCUT2D eigenvalue weighted by Gasteiger charge is -2.18. The molecule has 8 heteroatoms. The Morgan fingerprint density at radius 1 is 0.968 bits per heavy atom. The number of hydrogen-bond donors (Lipinski definition) is 1. The number of rotatable bonds is 7. The highest BCUT2D eigenvalue weighted by molar-refractivity contribution is 7.89. The molecule has 2 aromatic rings. The van der Waals surface area contributed by atoms with Crippen molar-refractivity contribution in [3.8, 4) is 5.75 Å². The molecule has 2 fully saturated rings. The smallest absolute Gasteiger partial charge is 0.257 e. The van der Waals surface area contributed by atoms with Gasteiger partial charge in [-0.05, 0) is 61.6 Å². The highest BCUT2D eigenvalue weighted by Gasteiger charge is 2.25. The average molecular weight is 444 g/mol. The minimum absolute atomic E-state index is 0.0598. The van der Waals surface area contributed by atoms with Gasteiger partial charge in [-0.15, -0.1) is 0 Å². The van der Waals surface area contributed by atoms with Gasteiger partial charge in [-0.1, -0.05) is 12.1 Å². The second-order valence-corrected chi connectivity index (χ2v) is 9.81. The molecular formula is C23H29N3O4S. The van der Waals surface area contributed by atoms with Crippen LogP contribution in [-0.4, -0.2) is 52.5 Å². The number of likely N-dealkylation sites (tertiary alicyclic amines) is 1. The van der Waals surface area contributed by atoms with Crippen molar-refractivity contribution >= 4 is 21.6 Å². The number of hydrogen-bond acceptors (Lipinski definition) is 5. The van der Waals surface area contributed by atoms with Crippen LogP contribution in [0.25, 0.3) is 0 Å². The van der Waals surface area contributed by atoms with E-state index in [4.69, 9.17) is 4.74 Å². The zero-order valence-electron chi connectivity index (χ0n) is 17.8. The lowest BCUT2D eigenvalue weighted by molar-refractivity contribution is 0.0789. The van der Waals surface area contributed by atoms with E-state index in [1.165, 1.54) is 37.8 Å². The Kier molecular flexibility index (Phi) is 6.48. The van der Waals surface area contributed by atoms with Gasteiger partial charge in [0.2, 0.25) is 10.0 Å². The van der Waals surface area contributed by atoms with E-state index in [0.29, 0.717) is 18.8 Å². The zero-order chi connectivity index (χ0) is 21.8. The standard InChI is InChI=1S/C23H29N3O4S/c1-30-22-11-10-20(16-21(22)23(27)26-14-4-5-15-26)31(28,29)24-17-18-6-8-19(9-7-18)25-12-2-3-13-25/h6-11,16,24H,2-5,12-15,17H2,1H3. The van der Waals surface area contributed by atoms with Crippen LogP contribution in [0.4, 0.5) is 5.69 Å². The maximum Gasteiger partial charge on any atom is 0.257 e. The summed E-state index contributed by atoms with van der Waals surface area (Å²) in [4.78, 5) is 17.0. The molecule has 1 amide bonds. The molecule has 7 nitrogen and oxygen atoms in total. The molecule has 0 bridgehead atoms. The average Bonchev–Trinajstić information content (AvgIpc) is 3.52. The normalized spacial score (nSPS) is 16.7. The molecule has 0 radical (unpaired) electrons. The third kappa shape index (κ3) is 4.85. The molecule has 4 rings (SSSR count).